The molecule has 0 bridgehead atoms. The Labute approximate surface area is 336 Å². The number of unbranched alkanes of at least 4 members (excludes halogenated alkanes) is 2. The van der Waals surface area contributed by atoms with Crippen LogP contribution < -0.4 is 38.5 Å². The lowest BCUT2D eigenvalue weighted by molar-refractivity contribution is -0.134. The van der Waals surface area contributed by atoms with Gasteiger partial charge in [0.05, 0.1) is 6.04 Å². The maximum Gasteiger partial charge on any atom is 0.243 e. The van der Waals surface area contributed by atoms with Gasteiger partial charge < -0.3 is 43.5 Å². The van der Waals surface area contributed by atoms with Crippen molar-refractivity contribution in [1.29, 1.82) is 0 Å². The molecule has 0 aliphatic carbocycles. The molecule has 11 N–H and O–H groups in total. The maximum atomic E-state index is 14.5. The Bertz CT molecular complexity index is 2120. The average molecular weight is 795 g/mol. The summed E-state index contributed by atoms with van der Waals surface area (Å²) >= 11 is 1.54. The number of fused-ring (bicyclic) bond motifs is 2. The highest BCUT2D eigenvalue weighted by molar-refractivity contribution is 7.17. The van der Waals surface area contributed by atoms with Crippen LogP contribution in [-0.4, -0.2) is 71.3 Å². The fraction of sp³-hybridized carbons (Fsp3) is 0.372. The number of hydrogen-bond acceptors (Lipinski definition) is 8. The maximum absolute atomic E-state index is 14.5. The minimum absolute atomic E-state index is 0.0579. The molecular formula is C43H54N8O5S. The molecule has 0 fully saturated rings. The molecule has 2 aromatic heterocycles. The third-order valence-corrected chi connectivity index (χ3v) is 11.1. The highest BCUT2D eigenvalue weighted by Gasteiger charge is 2.33. The first-order valence-electron chi connectivity index (χ1n) is 19.6. The van der Waals surface area contributed by atoms with Gasteiger partial charge in [-0.3, -0.25) is 24.0 Å². The summed E-state index contributed by atoms with van der Waals surface area (Å²) in [6.45, 7) is 2.44. The van der Waals surface area contributed by atoms with Crippen molar-refractivity contribution in [3.8, 4) is 0 Å². The number of nitrogens with one attached hydrogen (secondary N) is 5. The summed E-state index contributed by atoms with van der Waals surface area (Å²) in [5.74, 6) is -2.98. The molecule has 2 heterocycles. The van der Waals surface area contributed by atoms with Gasteiger partial charge in [-0.2, -0.15) is 0 Å². The predicted molar refractivity (Wildman–Crippen MR) is 225 cm³/mol. The van der Waals surface area contributed by atoms with Crippen LogP contribution in [-0.2, 0) is 43.2 Å². The second-order valence-corrected chi connectivity index (χ2v) is 15.3. The normalized spacial score (nSPS) is 13.9. The van der Waals surface area contributed by atoms with Gasteiger partial charge in [-0.25, -0.2) is 0 Å². The number of amides is 5. The number of thiophene rings is 1. The zero-order valence-corrected chi connectivity index (χ0v) is 33.1. The molecule has 14 heteroatoms. The zero-order valence-electron chi connectivity index (χ0n) is 32.3. The van der Waals surface area contributed by atoms with Gasteiger partial charge in [-0.05, 0) is 71.8 Å². The fourth-order valence-corrected chi connectivity index (χ4v) is 7.81. The number of rotatable bonds is 22. The van der Waals surface area contributed by atoms with E-state index in [9.17, 15) is 24.0 Å². The van der Waals surface area contributed by atoms with Gasteiger partial charge in [-0.1, -0.05) is 86.5 Å². The van der Waals surface area contributed by atoms with Crippen LogP contribution >= 0.6 is 11.3 Å². The van der Waals surface area contributed by atoms with Gasteiger partial charge in [-0.15, -0.1) is 11.3 Å². The topological polar surface area (TPSA) is 227 Å². The number of hydrogen-bond donors (Lipinski definition) is 8. The molecule has 0 aliphatic rings. The lowest BCUT2D eigenvalue weighted by Gasteiger charge is -2.27. The molecule has 3 aromatic carbocycles. The van der Waals surface area contributed by atoms with Crippen LogP contribution in [0.2, 0.25) is 0 Å². The van der Waals surface area contributed by atoms with Crippen molar-refractivity contribution in [3.63, 3.8) is 0 Å². The van der Waals surface area contributed by atoms with Gasteiger partial charge in [0.2, 0.25) is 29.5 Å². The molecule has 5 rings (SSSR count). The van der Waals surface area contributed by atoms with Crippen molar-refractivity contribution in [2.24, 2.45) is 17.2 Å². The first-order chi connectivity index (χ1) is 27.6. The molecule has 0 spiro atoms. The standard InChI is InChI=1S/C43H54N8O5S/c1-2-3-17-32(45)40(53)49-37(24-29-26-57-38-20-10-8-16-31(29)38)43(56)51-36(23-28-25-47-33-18-9-7-15-30(28)33)42(55)50-35(22-27-13-5-4-6-14-27)41(54)48-34(39(46)52)19-11-12-21-44/h4-10,13-16,18,20,25-26,32,34-37,47H,2-3,11-12,17,19,21-24,44-45H2,1H3,(H2,46,52)(H,48,54)(H,49,53)(H,50,55)(H,51,56)/t32-,34+,35-,36+,37+/m0/s1. The van der Waals surface area contributed by atoms with Crippen LogP contribution in [0.5, 0.6) is 0 Å². The van der Waals surface area contributed by atoms with Crippen molar-refractivity contribution in [2.75, 3.05) is 6.54 Å². The van der Waals surface area contributed by atoms with Crippen LogP contribution in [0.25, 0.3) is 21.0 Å². The number of primary amides is 1. The molecule has 0 radical (unpaired) electrons. The van der Waals surface area contributed by atoms with Crippen molar-refractivity contribution < 1.29 is 24.0 Å². The number of carbonyl (C=O) groups is 5. The van der Waals surface area contributed by atoms with Crippen LogP contribution in [0, 0.1) is 0 Å². The molecule has 0 saturated heterocycles. The van der Waals surface area contributed by atoms with E-state index in [1.807, 2.05) is 91.2 Å². The molecular weight excluding hydrogens is 741 g/mol. The minimum atomic E-state index is -1.19. The molecule has 13 nitrogen and oxygen atoms in total. The van der Waals surface area contributed by atoms with Crippen molar-refractivity contribution in [1.82, 2.24) is 26.3 Å². The Morgan fingerprint density at radius 1 is 0.649 bits per heavy atom. The summed E-state index contributed by atoms with van der Waals surface area (Å²) in [5, 5.41) is 15.2. The Hall–Kier alpha value is -5.57. The highest BCUT2D eigenvalue weighted by Crippen LogP contribution is 2.27. The second-order valence-electron chi connectivity index (χ2n) is 14.4. The van der Waals surface area contributed by atoms with E-state index < -0.39 is 59.7 Å². The lowest BCUT2D eigenvalue weighted by atomic mass is 10.00. The number of aromatic amines is 1. The zero-order chi connectivity index (χ0) is 40.7. The summed E-state index contributed by atoms with van der Waals surface area (Å²) in [7, 11) is 0. The summed E-state index contributed by atoms with van der Waals surface area (Å²) in [4.78, 5) is 71.9. The number of aromatic nitrogens is 1. The third-order valence-electron chi connectivity index (χ3n) is 10.1. The molecule has 0 saturated carbocycles. The molecule has 5 aromatic rings. The van der Waals surface area contributed by atoms with E-state index in [4.69, 9.17) is 17.2 Å². The average Bonchev–Trinajstić information content (AvgIpc) is 3.82. The van der Waals surface area contributed by atoms with Crippen LogP contribution in [0.1, 0.15) is 62.1 Å². The van der Waals surface area contributed by atoms with E-state index >= 15 is 0 Å². The van der Waals surface area contributed by atoms with Gasteiger partial charge in [0, 0.05) is 41.1 Å². The first kappa shape index (κ1) is 42.6. The van der Waals surface area contributed by atoms with E-state index in [2.05, 4.69) is 26.3 Å². The van der Waals surface area contributed by atoms with Crippen LogP contribution in [0.4, 0.5) is 0 Å². The van der Waals surface area contributed by atoms with Crippen LogP contribution in [0.15, 0.2) is 90.4 Å². The lowest BCUT2D eigenvalue weighted by Crippen LogP contribution is -2.59. The first-order valence-corrected chi connectivity index (χ1v) is 20.5. The highest BCUT2D eigenvalue weighted by atomic mass is 32.1. The Morgan fingerprint density at radius 2 is 1.23 bits per heavy atom. The number of nitrogens with two attached hydrogens (primary N) is 3. The molecule has 302 valence electrons. The summed E-state index contributed by atoms with van der Waals surface area (Å²) < 4.78 is 1.04. The summed E-state index contributed by atoms with van der Waals surface area (Å²) in [6.07, 6.45) is 5.67. The SMILES string of the molecule is CCCC[C@H](N)C(=O)N[C@H](Cc1csc2ccccc12)C(=O)N[C@H](Cc1c[nH]c2ccccc12)C(=O)N[C@@H](Cc1ccccc1)C(=O)N[C@H](CCCCN)C(N)=O. The van der Waals surface area contributed by atoms with Gasteiger partial charge >= 0.3 is 0 Å². The smallest absolute Gasteiger partial charge is 0.243 e. The largest absolute Gasteiger partial charge is 0.368 e. The molecule has 5 atom stereocenters. The summed E-state index contributed by atoms with van der Waals surface area (Å²) in [5.41, 5.74) is 20.8. The second kappa shape index (κ2) is 21.1. The van der Waals surface area contributed by atoms with Gasteiger partial charge in [0.15, 0.2) is 0 Å². The Kier molecular flexibility index (Phi) is 15.8. The fourth-order valence-electron chi connectivity index (χ4n) is 6.84. The number of benzene rings is 3. The van der Waals surface area contributed by atoms with Crippen molar-refractivity contribution >= 4 is 61.9 Å². The van der Waals surface area contributed by atoms with Crippen molar-refractivity contribution in [2.45, 2.75) is 94.9 Å². The molecule has 0 aliphatic heterocycles. The summed E-state index contributed by atoms with van der Waals surface area (Å²) in [6, 6.07) is 19.4. The van der Waals surface area contributed by atoms with Gasteiger partial charge in [0.1, 0.15) is 24.2 Å². The predicted octanol–water partition coefficient (Wildman–Crippen LogP) is 3.48. The van der Waals surface area contributed by atoms with Crippen molar-refractivity contribution in [3.05, 3.63) is 107 Å². The molecule has 57 heavy (non-hydrogen) atoms. The van der Waals surface area contributed by atoms with Gasteiger partial charge in [0.25, 0.3) is 0 Å². The number of carbonyl (C=O) groups excluding carboxylic acids is 5. The molecule has 5 amide bonds. The van der Waals surface area contributed by atoms with E-state index in [1.165, 1.54) is 11.3 Å². The Balaban J connectivity index is 1.45. The minimum Gasteiger partial charge on any atom is -0.368 e. The van der Waals surface area contributed by atoms with Crippen LogP contribution in [0.3, 0.4) is 0 Å². The molecule has 0 unspecified atom stereocenters. The quantitative estimate of drug-likeness (QED) is 0.0487. The Morgan fingerprint density at radius 3 is 1.89 bits per heavy atom. The van der Waals surface area contributed by atoms with E-state index in [1.54, 1.807) is 6.20 Å². The number of para-hydroxylation sites is 1. The monoisotopic (exact) mass is 794 g/mol. The van der Waals surface area contributed by atoms with E-state index in [0.29, 0.717) is 25.8 Å². The number of H-pyrrole nitrogens is 1. The van der Waals surface area contributed by atoms with E-state index in [-0.39, 0.29) is 25.7 Å². The third kappa shape index (κ3) is 12.0. The van der Waals surface area contributed by atoms with E-state index in [0.717, 1.165) is 50.5 Å².